The van der Waals surface area contributed by atoms with Crippen molar-refractivity contribution < 1.29 is 23.1 Å². The van der Waals surface area contributed by atoms with Gasteiger partial charge in [0.25, 0.3) is 0 Å². The van der Waals surface area contributed by atoms with E-state index in [4.69, 9.17) is 0 Å². The Balaban J connectivity index is 1.39. The molecule has 0 aliphatic carbocycles. The second-order valence-corrected chi connectivity index (χ2v) is 7.96. The minimum absolute atomic E-state index is 0.00351. The first kappa shape index (κ1) is 24.0. The molecule has 1 atom stereocenters. The number of aliphatic hydroxyl groups excluding tert-OH is 1. The molecule has 0 saturated carbocycles. The SMILES string of the molecule is O=C(NCC(O)c1ccc(-c2ccccc2)cc1)Nc1ccc(-c2ccccc2)c(C(F)(F)F)c1. The summed E-state index contributed by atoms with van der Waals surface area (Å²) in [5, 5.41) is 15.3. The number of aliphatic hydroxyl groups is 1. The molecule has 4 nitrogen and oxygen atoms in total. The average Bonchev–Trinajstić information content (AvgIpc) is 2.88. The molecule has 4 rings (SSSR count). The van der Waals surface area contributed by atoms with Gasteiger partial charge < -0.3 is 15.7 Å². The number of hydrogen-bond acceptors (Lipinski definition) is 2. The topological polar surface area (TPSA) is 61.4 Å². The predicted octanol–water partition coefficient (Wildman–Crippen LogP) is 6.89. The highest BCUT2D eigenvalue weighted by molar-refractivity contribution is 5.90. The molecule has 0 aliphatic rings. The summed E-state index contributed by atoms with van der Waals surface area (Å²) in [5.74, 6) is 0. The molecule has 0 aromatic heterocycles. The first-order chi connectivity index (χ1) is 16.8. The van der Waals surface area contributed by atoms with E-state index in [-0.39, 0.29) is 17.8 Å². The third-order valence-corrected chi connectivity index (χ3v) is 5.53. The molecule has 0 saturated heterocycles. The van der Waals surface area contributed by atoms with Crippen LogP contribution in [0.15, 0.2) is 103 Å². The molecule has 1 unspecified atom stereocenters. The lowest BCUT2D eigenvalue weighted by Gasteiger charge is -2.16. The molecule has 0 fully saturated rings. The van der Waals surface area contributed by atoms with Crippen molar-refractivity contribution in [3.05, 3.63) is 114 Å². The number of hydrogen-bond donors (Lipinski definition) is 3. The summed E-state index contributed by atoms with van der Waals surface area (Å²) in [7, 11) is 0. The summed E-state index contributed by atoms with van der Waals surface area (Å²) in [6, 6.07) is 28.2. The third-order valence-electron chi connectivity index (χ3n) is 5.53. The number of amides is 2. The van der Waals surface area contributed by atoms with Crippen molar-refractivity contribution in [3.8, 4) is 22.3 Å². The van der Waals surface area contributed by atoms with Crippen LogP contribution in [-0.4, -0.2) is 17.7 Å². The largest absolute Gasteiger partial charge is 0.417 e. The zero-order valence-electron chi connectivity index (χ0n) is 18.6. The number of nitrogens with one attached hydrogen (secondary N) is 2. The van der Waals surface area contributed by atoms with Gasteiger partial charge in [-0.3, -0.25) is 0 Å². The zero-order valence-corrected chi connectivity index (χ0v) is 18.6. The standard InChI is InChI=1S/C28H23F3N2O2/c29-28(30,31)25-17-23(15-16-24(25)21-9-5-2-6-10-21)33-27(35)32-18-26(34)22-13-11-20(12-14-22)19-7-3-1-4-8-19/h1-17,26,34H,18H2,(H2,32,33,35). The molecule has 0 aliphatic heterocycles. The monoisotopic (exact) mass is 476 g/mol. The van der Waals surface area contributed by atoms with E-state index >= 15 is 0 Å². The van der Waals surface area contributed by atoms with Gasteiger partial charge in [-0.05, 0) is 39.9 Å². The van der Waals surface area contributed by atoms with Crippen LogP contribution >= 0.6 is 0 Å². The van der Waals surface area contributed by atoms with Crippen molar-refractivity contribution in [2.75, 3.05) is 11.9 Å². The zero-order chi connectivity index (χ0) is 24.8. The summed E-state index contributed by atoms with van der Waals surface area (Å²) in [6.45, 7) is -0.106. The van der Waals surface area contributed by atoms with Crippen molar-refractivity contribution in [1.82, 2.24) is 5.32 Å². The molecular weight excluding hydrogens is 453 g/mol. The lowest BCUT2D eigenvalue weighted by Crippen LogP contribution is -2.32. The summed E-state index contributed by atoms with van der Waals surface area (Å²) in [4.78, 5) is 12.3. The Morgan fingerprint density at radius 3 is 1.94 bits per heavy atom. The summed E-state index contributed by atoms with van der Waals surface area (Å²) < 4.78 is 41.0. The van der Waals surface area contributed by atoms with Gasteiger partial charge in [0.15, 0.2) is 0 Å². The highest BCUT2D eigenvalue weighted by Crippen LogP contribution is 2.38. The maximum atomic E-state index is 13.7. The van der Waals surface area contributed by atoms with E-state index in [1.165, 1.54) is 12.1 Å². The van der Waals surface area contributed by atoms with Crippen molar-refractivity contribution >= 4 is 11.7 Å². The van der Waals surface area contributed by atoms with Gasteiger partial charge in [-0.1, -0.05) is 91.0 Å². The van der Waals surface area contributed by atoms with Gasteiger partial charge in [0.05, 0.1) is 11.7 Å². The molecular formula is C28H23F3N2O2. The van der Waals surface area contributed by atoms with Crippen LogP contribution in [0.5, 0.6) is 0 Å². The van der Waals surface area contributed by atoms with E-state index in [0.717, 1.165) is 17.2 Å². The molecule has 4 aromatic rings. The molecule has 4 aromatic carbocycles. The quantitative estimate of drug-likeness (QED) is 0.284. The van der Waals surface area contributed by atoms with Gasteiger partial charge in [0, 0.05) is 12.2 Å². The first-order valence-corrected chi connectivity index (χ1v) is 11.0. The minimum Gasteiger partial charge on any atom is -0.387 e. The number of anilines is 1. The number of halogens is 3. The molecule has 0 radical (unpaired) electrons. The van der Waals surface area contributed by atoms with Crippen LogP contribution in [0.1, 0.15) is 17.2 Å². The van der Waals surface area contributed by atoms with Crippen LogP contribution in [-0.2, 0) is 6.18 Å². The average molecular weight is 476 g/mol. The first-order valence-electron chi connectivity index (χ1n) is 11.0. The maximum absolute atomic E-state index is 13.7. The molecule has 3 N–H and O–H groups in total. The fourth-order valence-corrected chi connectivity index (χ4v) is 3.74. The van der Waals surface area contributed by atoms with Gasteiger partial charge >= 0.3 is 12.2 Å². The normalized spacial score (nSPS) is 12.1. The lowest BCUT2D eigenvalue weighted by atomic mass is 9.98. The molecule has 7 heteroatoms. The minimum atomic E-state index is -4.60. The number of urea groups is 1. The van der Waals surface area contributed by atoms with Crippen molar-refractivity contribution in [2.24, 2.45) is 0 Å². The van der Waals surface area contributed by atoms with Gasteiger partial charge in [-0.15, -0.1) is 0 Å². The fraction of sp³-hybridized carbons (Fsp3) is 0.107. The second kappa shape index (κ2) is 10.4. The Labute approximate surface area is 201 Å². The van der Waals surface area contributed by atoms with Crippen LogP contribution < -0.4 is 10.6 Å². The number of benzene rings is 4. The second-order valence-electron chi connectivity index (χ2n) is 7.96. The number of rotatable bonds is 6. The van der Waals surface area contributed by atoms with Gasteiger partial charge in [-0.2, -0.15) is 13.2 Å². The highest BCUT2D eigenvalue weighted by Gasteiger charge is 2.34. The Morgan fingerprint density at radius 2 is 1.34 bits per heavy atom. The molecule has 0 spiro atoms. The highest BCUT2D eigenvalue weighted by atomic mass is 19.4. The molecule has 35 heavy (non-hydrogen) atoms. The van der Waals surface area contributed by atoms with Crippen LogP contribution in [0.4, 0.5) is 23.7 Å². The van der Waals surface area contributed by atoms with E-state index < -0.39 is 23.9 Å². The van der Waals surface area contributed by atoms with Crippen LogP contribution in [0, 0.1) is 0 Å². The van der Waals surface area contributed by atoms with Gasteiger partial charge in [-0.25, -0.2) is 4.79 Å². The summed E-state index contributed by atoms with van der Waals surface area (Å²) in [5.41, 5.74) is 2.25. The van der Waals surface area contributed by atoms with E-state index in [1.807, 2.05) is 42.5 Å². The summed E-state index contributed by atoms with van der Waals surface area (Å²) in [6.07, 6.45) is -5.57. The van der Waals surface area contributed by atoms with E-state index in [1.54, 1.807) is 42.5 Å². The van der Waals surface area contributed by atoms with Crippen LogP contribution in [0.2, 0.25) is 0 Å². The van der Waals surface area contributed by atoms with Crippen molar-refractivity contribution in [2.45, 2.75) is 12.3 Å². The predicted molar refractivity (Wildman–Crippen MR) is 131 cm³/mol. The van der Waals surface area contributed by atoms with Crippen LogP contribution in [0.3, 0.4) is 0 Å². The Bertz CT molecular complexity index is 1280. The molecule has 0 heterocycles. The fourth-order valence-electron chi connectivity index (χ4n) is 3.74. The maximum Gasteiger partial charge on any atom is 0.417 e. The van der Waals surface area contributed by atoms with Gasteiger partial charge in [0.1, 0.15) is 0 Å². The van der Waals surface area contributed by atoms with E-state index in [2.05, 4.69) is 10.6 Å². The van der Waals surface area contributed by atoms with Crippen molar-refractivity contribution in [3.63, 3.8) is 0 Å². The molecule has 0 bridgehead atoms. The summed E-state index contributed by atoms with van der Waals surface area (Å²) >= 11 is 0. The number of carbonyl (C=O) groups excluding carboxylic acids is 1. The number of alkyl halides is 3. The molecule has 2 amide bonds. The van der Waals surface area contributed by atoms with E-state index in [9.17, 15) is 23.1 Å². The van der Waals surface area contributed by atoms with Crippen molar-refractivity contribution in [1.29, 1.82) is 0 Å². The van der Waals surface area contributed by atoms with Crippen LogP contribution in [0.25, 0.3) is 22.3 Å². The third kappa shape index (κ3) is 6.07. The molecule has 178 valence electrons. The van der Waals surface area contributed by atoms with Gasteiger partial charge in [0.2, 0.25) is 0 Å². The van der Waals surface area contributed by atoms with E-state index in [0.29, 0.717) is 11.1 Å². The Kier molecular flexibility index (Phi) is 7.17. The number of carbonyl (C=O) groups is 1. The Morgan fingerprint density at radius 1 is 0.771 bits per heavy atom. The lowest BCUT2D eigenvalue weighted by molar-refractivity contribution is -0.137. The Hall–Kier alpha value is -4.10. The smallest absolute Gasteiger partial charge is 0.387 e.